The summed E-state index contributed by atoms with van der Waals surface area (Å²) in [6.07, 6.45) is 7.07. The number of hydrogen-bond acceptors (Lipinski definition) is 2. The summed E-state index contributed by atoms with van der Waals surface area (Å²) in [5.41, 5.74) is 1.00. The van der Waals surface area contributed by atoms with Crippen LogP contribution in [-0.2, 0) is 0 Å². The fourth-order valence-corrected chi connectivity index (χ4v) is 4.89. The molecule has 1 unspecified atom stereocenters. The molecule has 1 N–H and O–H groups in total. The van der Waals surface area contributed by atoms with Crippen LogP contribution in [0, 0.1) is 21.3 Å². The normalized spacial score (nSPS) is 39.7. The quantitative estimate of drug-likeness (QED) is 0.415. The molecule has 0 heterocycles. The number of halogens is 1. The maximum absolute atomic E-state index is 7.72. The van der Waals surface area contributed by atoms with Crippen molar-refractivity contribution in [3.63, 3.8) is 0 Å². The molecular weight excluding hydrogens is 335 g/mol. The predicted octanol–water partition coefficient (Wildman–Crippen LogP) is 5.07. The number of aliphatic imine (C=N–C) groups is 1. The van der Waals surface area contributed by atoms with Crippen LogP contribution >= 0.6 is 21.0 Å². The van der Waals surface area contributed by atoms with Gasteiger partial charge in [-0.2, -0.15) is 0 Å². The van der Waals surface area contributed by atoms with Crippen LogP contribution in [0.2, 0.25) is 0 Å². The van der Waals surface area contributed by atoms with Gasteiger partial charge in [0, 0.05) is 27.0 Å². The monoisotopic (exact) mass is 358 g/mol. The zero-order chi connectivity index (χ0) is 13.3. The fourth-order valence-electron chi connectivity index (χ4n) is 3.74. The number of nitrogens with zero attached hydrogens (tertiary/aromatic N) is 1. The SMILES string of the molecule is C=N[C@@]1(C(=C)C)CC[C@@H](C)[C@@H]2CCC(I=N)=CC21. The van der Waals surface area contributed by atoms with Crippen LogP contribution in [0.1, 0.15) is 39.5 Å². The van der Waals surface area contributed by atoms with Crippen LogP contribution in [0.3, 0.4) is 0 Å². The number of fused-ring (bicyclic) bond motifs is 1. The molecule has 1 fully saturated rings. The highest BCUT2D eigenvalue weighted by Crippen LogP contribution is 2.52. The van der Waals surface area contributed by atoms with Crippen molar-refractivity contribution in [3.8, 4) is 0 Å². The lowest BCUT2D eigenvalue weighted by atomic mass is 9.58. The van der Waals surface area contributed by atoms with E-state index < -0.39 is 21.0 Å². The van der Waals surface area contributed by atoms with E-state index in [1.165, 1.54) is 16.4 Å². The van der Waals surface area contributed by atoms with Gasteiger partial charge in [0.25, 0.3) is 0 Å². The molecule has 0 amide bonds. The van der Waals surface area contributed by atoms with E-state index in [4.69, 9.17) is 3.56 Å². The second-order valence-electron chi connectivity index (χ2n) is 5.81. The molecule has 3 heteroatoms. The third-order valence-corrected chi connectivity index (χ3v) is 6.54. The van der Waals surface area contributed by atoms with Gasteiger partial charge in [-0.3, -0.25) is 8.55 Å². The molecule has 0 aromatic carbocycles. The topological polar surface area (TPSA) is 36.2 Å². The molecule has 0 bridgehead atoms. The largest absolute Gasteiger partial charge is 0.289 e. The second-order valence-corrected chi connectivity index (χ2v) is 7.74. The van der Waals surface area contributed by atoms with Crippen molar-refractivity contribution < 1.29 is 0 Å². The van der Waals surface area contributed by atoms with Crippen LogP contribution in [0.4, 0.5) is 0 Å². The van der Waals surface area contributed by atoms with Crippen LogP contribution in [0.25, 0.3) is 0 Å². The maximum Gasteiger partial charge on any atom is 0.0869 e. The Bertz CT molecular complexity index is 413. The minimum Gasteiger partial charge on any atom is -0.289 e. The van der Waals surface area contributed by atoms with Crippen molar-refractivity contribution in [1.82, 2.24) is 0 Å². The number of rotatable bonds is 3. The Morgan fingerprint density at radius 2 is 2.28 bits per heavy atom. The highest BCUT2D eigenvalue weighted by molar-refractivity contribution is 14.2. The van der Waals surface area contributed by atoms with E-state index in [-0.39, 0.29) is 5.54 Å². The second kappa shape index (κ2) is 5.35. The summed E-state index contributed by atoms with van der Waals surface area (Å²) >= 11 is -0.510. The lowest BCUT2D eigenvalue weighted by Gasteiger charge is -2.49. The molecule has 0 radical (unpaired) electrons. The molecular formula is C15H23IN2. The molecule has 0 aromatic heterocycles. The van der Waals surface area contributed by atoms with E-state index >= 15 is 0 Å². The van der Waals surface area contributed by atoms with Crippen molar-refractivity contribution in [3.05, 3.63) is 21.8 Å². The molecule has 0 aliphatic heterocycles. The number of hydrogen-bond donors (Lipinski definition) is 1. The van der Waals surface area contributed by atoms with E-state index in [0.29, 0.717) is 11.8 Å². The molecule has 2 rings (SSSR count). The predicted molar refractivity (Wildman–Crippen MR) is 86.5 cm³/mol. The van der Waals surface area contributed by atoms with E-state index in [1.807, 2.05) is 0 Å². The van der Waals surface area contributed by atoms with Gasteiger partial charge >= 0.3 is 0 Å². The third-order valence-electron chi connectivity index (χ3n) is 4.94. The van der Waals surface area contributed by atoms with Crippen LogP contribution in [0.15, 0.2) is 26.8 Å². The molecule has 4 atom stereocenters. The van der Waals surface area contributed by atoms with E-state index in [2.05, 4.69) is 38.2 Å². The molecule has 0 spiro atoms. The number of allylic oxidation sites excluding steroid dienone is 1. The third kappa shape index (κ3) is 2.15. The van der Waals surface area contributed by atoms with Crippen molar-refractivity contribution in [2.75, 3.05) is 0 Å². The smallest absolute Gasteiger partial charge is 0.0869 e. The Morgan fingerprint density at radius 1 is 1.56 bits per heavy atom. The molecule has 18 heavy (non-hydrogen) atoms. The minimum atomic E-state index is -0.510. The van der Waals surface area contributed by atoms with E-state index in [0.717, 1.165) is 24.3 Å². The molecule has 0 saturated heterocycles. The summed E-state index contributed by atoms with van der Waals surface area (Å²) in [5, 5.41) is 0. The first-order valence-electron chi connectivity index (χ1n) is 6.70. The van der Waals surface area contributed by atoms with Crippen molar-refractivity contribution in [1.29, 1.82) is 3.56 Å². The summed E-state index contributed by atoms with van der Waals surface area (Å²) in [6.45, 7) is 12.5. The Kier molecular flexibility index (Phi) is 4.19. The van der Waals surface area contributed by atoms with Gasteiger partial charge in [0.15, 0.2) is 0 Å². The van der Waals surface area contributed by atoms with Crippen molar-refractivity contribution in [2.24, 2.45) is 22.7 Å². The first-order valence-corrected chi connectivity index (χ1v) is 8.86. The van der Waals surface area contributed by atoms with Gasteiger partial charge in [-0.25, -0.2) is 0 Å². The Morgan fingerprint density at radius 3 is 2.83 bits per heavy atom. The summed E-state index contributed by atoms with van der Waals surface area (Å²) in [5.74, 6) is 1.93. The van der Waals surface area contributed by atoms with Gasteiger partial charge in [-0.05, 0) is 54.7 Å². The Hall–Kier alpha value is -0.320. The van der Waals surface area contributed by atoms with E-state index in [1.54, 1.807) is 0 Å². The van der Waals surface area contributed by atoms with Crippen LogP contribution < -0.4 is 0 Å². The van der Waals surface area contributed by atoms with Gasteiger partial charge in [-0.15, -0.1) is 0 Å². The zero-order valence-electron chi connectivity index (χ0n) is 11.4. The van der Waals surface area contributed by atoms with Crippen molar-refractivity contribution >= 4 is 27.8 Å². The lowest BCUT2D eigenvalue weighted by molar-refractivity contribution is 0.116. The molecule has 2 aliphatic carbocycles. The molecule has 0 aromatic rings. The number of nitrogens with one attached hydrogen (secondary N) is 1. The highest BCUT2D eigenvalue weighted by Gasteiger charge is 2.48. The van der Waals surface area contributed by atoms with E-state index in [9.17, 15) is 0 Å². The summed E-state index contributed by atoms with van der Waals surface area (Å²) < 4.78 is 9.11. The average Bonchev–Trinajstić information content (AvgIpc) is 2.39. The summed E-state index contributed by atoms with van der Waals surface area (Å²) in [7, 11) is 0. The molecule has 100 valence electrons. The first kappa shape index (κ1) is 14.1. The van der Waals surface area contributed by atoms with Gasteiger partial charge in [0.2, 0.25) is 0 Å². The molecule has 2 aliphatic rings. The lowest BCUT2D eigenvalue weighted by Crippen LogP contribution is -2.47. The fraction of sp³-hybridized carbons (Fsp3) is 0.667. The van der Waals surface area contributed by atoms with Crippen molar-refractivity contribution in [2.45, 2.75) is 45.1 Å². The van der Waals surface area contributed by atoms with Gasteiger partial charge in [0.05, 0.1) is 5.54 Å². The maximum atomic E-state index is 7.72. The summed E-state index contributed by atoms with van der Waals surface area (Å²) in [4.78, 5) is 4.52. The molecule has 1 saturated carbocycles. The first-order chi connectivity index (χ1) is 8.55. The Balaban J connectivity index is 2.46. The average molecular weight is 358 g/mol. The molecule has 2 nitrogen and oxygen atoms in total. The minimum absolute atomic E-state index is 0.151. The zero-order valence-corrected chi connectivity index (χ0v) is 13.5. The Labute approximate surface area is 121 Å². The van der Waals surface area contributed by atoms with Gasteiger partial charge in [0.1, 0.15) is 0 Å². The van der Waals surface area contributed by atoms with Crippen LogP contribution in [-0.4, -0.2) is 12.3 Å². The summed E-state index contributed by atoms with van der Waals surface area (Å²) in [6, 6.07) is 0. The standard InChI is InChI=1S/C15H23IN2/c1-10(2)15(18-4)8-7-11(3)13-6-5-12(16-17)9-14(13)15/h9,11,13-14,17H,1,4-8H2,2-3H3/t11-,13+,14?,15-/m1/s1. The highest BCUT2D eigenvalue weighted by atomic mass is 127. The van der Waals surface area contributed by atoms with Gasteiger partial charge in [-0.1, -0.05) is 25.2 Å². The van der Waals surface area contributed by atoms with Crippen LogP contribution in [0.5, 0.6) is 0 Å². The van der Waals surface area contributed by atoms with Gasteiger partial charge < -0.3 is 0 Å².